The van der Waals surface area contributed by atoms with Gasteiger partial charge in [-0.1, -0.05) is 325 Å². The minimum Gasteiger partial charge on any atom is -0.456 e. The zero-order valence-electron chi connectivity index (χ0n) is 54.6. The highest BCUT2D eigenvalue weighted by Gasteiger charge is 2.40. The third-order valence-corrected chi connectivity index (χ3v) is 21.7. The van der Waals surface area contributed by atoms with Crippen molar-refractivity contribution in [2.45, 2.75) is 38.5 Å². The van der Waals surface area contributed by atoms with Crippen LogP contribution in [0.1, 0.15) is 49.9 Å². The topological polar surface area (TPSA) is 13.1 Å². The first kappa shape index (κ1) is 56.6. The Morgan fingerprint density at radius 2 is 0.536 bits per heavy atom. The molecule has 1 heterocycles. The molecule has 20 rings (SSSR count). The van der Waals surface area contributed by atoms with Crippen LogP contribution in [0.4, 0.5) is 0 Å². The highest BCUT2D eigenvalue weighted by molar-refractivity contribution is 6.25. The van der Waals surface area contributed by atoms with Crippen molar-refractivity contribution in [2.75, 3.05) is 0 Å². The van der Waals surface area contributed by atoms with Gasteiger partial charge in [-0.05, 0) is 206 Å². The minimum atomic E-state index is -0.0892. The predicted octanol–water partition coefficient (Wildman–Crippen LogP) is 26.8. The Kier molecular flexibility index (Phi) is 12.7. The van der Waals surface area contributed by atoms with E-state index in [0.29, 0.717) is 0 Å². The lowest BCUT2D eigenvalue weighted by Gasteiger charge is -2.22. The Balaban J connectivity index is 0.000000138. The molecule has 1 heteroatoms. The Hall–Kier alpha value is -11.9. The third kappa shape index (κ3) is 8.64. The third-order valence-electron chi connectivity index (χ3n) is 21.7. The molecule has 2 aliphatic carbocycles. The standard InChI is InChI=1S/C51H34O.C45H32/c1-51(2)43-23-12-22-36(50(43)49-35-16-4-3-13-31(35)25-27-44(49)51)32-14-11-15-33(29-32)47-38-18-5-7-20-40(38)48(41-21-8-6-19-39(41)47)34-26-28-46-42(30-34)37-17-9-10-24-45(37)52-46;1-45(2)39-25-13-24-38(44(39)43-33-19-7-6-16-30(33)26-27-40(43)45)42-36-22-10-8-20-34(36)41(35-21-9-11-23-37(35)42)32-18-12-17-31(28-32)29-14-4-3-5-15-29/h3-30H,1-2H3;3-28H,1-2H3. The monoisotopic (exact) mass is 1230 g/mol. The van der Waals surface area contributed by atoms with Crippen molar-refractivity contribution in [1.29, 1.82) is 0 Å². The van der Waals surface area contributed by atoms with Gasteiger partial charge in [-0.3, -0.25) is 0 Å². The second-order valence-electron chi connectivity index (χ2n) is 27.6. The second-order valence-corrected chi connectivity index (χ2v) is 27.6. The molecule has 0 N–H and O–H groups in total. The summed E-state index contributed by atoms with van der Waals surface area (Å²) in [5, 5.41) is 17.7. The van der Waals surface area contributed by atoms with Gasteiger partial charge < -0.3 is 4.42 Å². The van der Waals surface area contributed by atoms with Crippen LogP contribution < -0.4 is 0 Å². The van der Waals surface area contributed by atoms with Crippen LogP contribution in [0.25, 0.3) is 176 Å². The molecular weight excluding hydrogens is 1170 g/mol. The number of furan rings is 1. The normalized spacial score (nSPS) is 13.3. The van der Waals surface area contributed by atoms with Crippen LogP contribution >= 0.6 is 0 Å². The smallest absolute Gasteiger partial charge is 0.135 e. The van der Waals surface area contributed by atoms with Crippen LogP contribution in [0, 0.1) is 0 Å². The van der Waals surface area contributed by atoms with E-state index in [1.807, 2.05) is 12.1 Å². The molecule has 0 radical (unpaired) electrons. The SMILES string of the molecule is CC1(C)c2cccc(-c3c4ccccc4c(-c4cccc(-c5ccccc5)c4)c4ccccc34)c2-c2c1ccc1ccccc21.CC1(C)c2cccc(-c3cccc(-c4c5ccccc5c(-c5ccc6oc7ccccc7c6c5)c5ccccc45)c3)c2-c2c1ccc1ccccc21. The Morgan fingerprint density at radius 3 is 1.05 bits per heavy atom. The number of benzene rings is 17. The predicted molar refractivity (Wildman–Crippen MR) is 413 cm³/mol. The molecule has 0 spiro atoms. The van der Waals surface area contributed by atoms with E-state index in [2.05, 4.69) is 343 Å². The average molecular weight is 1240 g/mol. The lowest BCUT2D eigenvalue weighted by atomic mass is 9.80. The van der Waals surface area contributed by atoms with Gasteiger partial charge in [0.25, 0.3) is 0 Å². The molecule has 97 heavy (non-hydrogen) atoms. The summed E-state index contributed by atoms with van der Waals surface area (Å²) in [5.41, 5.74) is 27.9. The maximum Gasteiger partial charge on any atom is 0.135 e. The quantitative estimate of drug-likeness (QED) is 0.151. The summed E-state index contributed by atoms with van der Waals surface area (Å²) in [6, 6.07) is 121. The van der Waals surface area contributed by atoms with Gasteiger partial charge in [0.15, 0.2) is 0 Å². The van der Waals surface area contributed by atoms with Crippen LogP contribution in [0.15, 0.2) is 332 Å². The van der Waals surface area contributed by atoms with E-state index in [0.717, 1.165) is 21.9 Å². The van der Waals surface area contributed by atoms with Gasteiger partial charge in [-0.2, -0.15) is 0 Å². The number of hydrogen-bond donors (Lipinski definition) is 0. The van der Waals surface area contributed by atoms with Gasteiger partial charge in [-0.15, -0.1) is 0 Å². The van der Waals surface area contributed by atoms with E-state index >= 15 is 0 Å². The van der Waals surface area contributed by atoms with Crippen molar-refractivity contribution in [3.05, 3.63) is 350 Å². The molecule has 0 aliphatic heterocycles. The van der Waals surface area contributed by atoms with Gasteiger partial charge in [0, 0.05) is 21.6 Å². The first-order chi connectivity index (χ1) is 47.7. The second kappa shape index (κ2) is 21.8. The molecule has 0 atom stereocenters. The number of rotatable bonds is 6. The lowest BCUT2D eigenvalue weighted by molar-refractivity contribution is 0.661. The Morgan fingerprint density at radius 1 is 0.186 bits per heavy atom. The fraction of sp³-hybridized carbons (Fsp3) is 0.0625. The summed E-state index contributed by atoms with van der Waals surface area (Å²) >= 11 is 0. The zero-order valence-corrected chi connectivity index (χ0v) is 54.6. The van der Waals surface area contributed by atoms with Crippen molar-refractivity contribution in [3.63, 3.8) is 0 Å². The molecule has 0 saturated carbocycles. The van der Waals surface area contributed by atoms with Crippen LogP contribution in [0.5, 0.6) is 0 Å². The number of hydrogen-bond acceptors (Lipinski definition) is 1. The summed E-state index contributed by atoms with van der Waals surface area (Å²) < 4.78 is 6.22. The van der Waals surface area contributed by atoms with Crippen molar-refractivity contribution in [2.24, 2.45) is 0 Å². The Bertz CT molecular complexity index is 6200. The molecule has 2 aliphatic rings. The molecule has 17 aromatic carbocycles. The molecule has 456 valence electrons. The first-order valence-corrected chi connectivity index (χ1v) is 34.1. The highest BCUT2D eigenvalue weighted by atomic mass is 16.3. The zero-order chi connectivity index (χ0) is 64.7. The average Bonchev–Trinajstić information content (AvgIpc) is 1.58. The minimum absolute atomic E-state index is 0.0870. The van der Waals surface area contributed by atoms with E-state index in [-0.39, 0.29) is 10.8 Å². The molecule has 0 fully saturated rings. The van der Waals surface area contributed by atoms with Gasteiger partial charge in [0.1, 0.15) is 11.2 Å². The van der Waals surface area contributed by atoms with E-state index < -0.39 is 0 Å². The van der Waals surface area contributed by atoms with Gasteiger partial charge in [0.2, 0.25) is 0 Å². The van der Waals surface area contributed by atoms with Crippen molar-refractivity contribution < 1.29 is 4.42 Å². The van der Waals surface area contributed by atoms with Gasteiger partial charge in [-0.25, -0.2) is 0 Å². The lowest BCUT2D eigenvalue weighted by Crippen LogP contribution is -2.14. The molecule has 0 unspecified atom stereocenters. The van der Waals surface area contributed by atoms with Gasteiger partial charge >= 0.3 is 0 Å². The van der Waals surface area contributed by atoms with Crippen LogP contribution in [-0.2, 0) is 10.8 Å². The molecule has 0 saturated heterocycles. The first-order valence-electron chi connectivity index (χ1n) is 34.1. The molecule has 0 bridgehead atoms. The molecule has 1 nitrogen and oxygen atoms in total. The number of fused-ring (bicyclic) bond motifs is 17. The molecule has 18 aromatic rings. The van der Waals surface area contributed by atoms with E-state index in [9.17, 15) is 0 Å². The maximum atomic E-state index is 6.22. The number of para-hydroxylation sites is 1. The largest absolute Gasteiger partial charge is 0.456 e. The van der Waals surface area contributed by atoms with E-state index in [1.54, 1.807) is 0 Å². The summed E-state index contributed by atoms with van der Waals surface area (Å²) in [5.74, 6) is 0. The van der Waals surface area contributed by atoms with E-state index in [4.69, 9.17) is 4.42 Å². The van der Waals surface area contributed by atoms with Crippen molar-refractivity contribution in [1.82, 2.24) is 0 Å². The van der Waals surface area contributed by atoms with Crippen molar-refractivity contribution >= 4 is 86.6 Å². The van der Waals surface area contributed by atoms with Crippen molar-refractivity contribution in [3.8, 4) is 89.0 Å². The fourth-order valence-corrected chi connectivity index (χ4v) is 17.2. The fourth-order valence-electron chi connectivity index (χ4n) is 17.2. The summed E-state index contributed by atoms with van der Waals surface area (Å²) in [6.07, 6.45) is 0. The van der Waals surface area contributed by atoms with Crippen LogP contribution in [-0.4, -0.2) is 0 Å². The molecule has 0 amide bonds. The van der Waals surface area contributed by atoms with Gasteiger partial charge in [0.05, 0.1) is 0 Å². The summed E-state index contributed by atoms with van der Waals surface area (Å²) in [4.78, 5) is 0. The summed E-state index contributed by atoms with van der Waals surface area (Å²) in [7, 11) is 0. The maximum absolute atomic E-state index is 6.22. The van der Waals surface area contributed by atoms with Crippen LogP contribution in [0.3, 0.4) is 0 Å². The van der Waals surface area contributed by atoms with Crippen LogP contribution in [0.2, 0.25) is 0 Å². The Labute approximate surface area is 564 Å². The highest BCUT2D eigenvalue weighted by Crippen LogP contribution is 2.58. The molecular formula is C96H66O. The van der Waals surface area contributed by atoms with E-state index in [1.165, 1.54) is 176 Å². The molecule has 1 aromatic heterocycles. The summed E-state index contributed by atoms with van der Waals surface area (Å²) in [6.45, 7) is 9.52.